The first kappa shape index (κ1) is 22.0. The molecule has 6 nitrogen and oxygen atoms in total. The zero-order valence-electron chi connectivity index (χ0n) is 17.6. The molecule has 1 aliphatic rings. The maximum absolute atomic E-state index is 13.2. The molecule has 1 heterocycles. The molecule has 0 bridgehead atoms. The Bertz CT molecular complexity index is 1060. The minimum Gasteiger partial charge on any atom is -0.508 e. The van der Waals surface area contributed by atoms with Crippen LogP contribution in [0.2, 0.25) is 5.02 Å². The molecule has 0 fully saturated rings. The molecule has 3 rings (SSSR count). The van der Waals surface area contributed by atoms with Crippen molar-refractivity contribution in [2.75, 3.05) is 0 Å². The van der Waals surface area contributed by atoms with Gasteiger partial charge in [0.05, 0.1) is 10.6 Å². The normalized spacial score (nSPS) is 17.7. The zero-order valence-corrected chi connectivity index (χ0v) is 18.4. The number of ether oxygens (including phenoxy) is 2. The molecule has 0 atom stereocenters. The number of hydrogen-bond acceptors (Lipinski definition) is 5. The zero-order chi connectivity index (χ0) is 22.3. The van der Waals surface area contributed by atoms with Gasteiger partial charge < -0.3 is 14.6 Å². The van der Waals surface area contributed by atoms with Crippen molar-refractivity contribution < 1.29 is 24.6 Å². The van der Waals surface area contributed by atoms with E-state index in [1.165, 1.54) is 6.07 Å². The fraction of sp³-hybridized carbons (Fsp3) is 0.348. The van der Waals surface area contributed by atoms with Gasteiger partial charge >= 0.3 is 0 Å². The van der Waals surface area contributed by atoms with Gasteiger partial charge in [0.15, 0.2) is 5.78 Å². The molecule has 0 saturated carbocycles. The van der Waals surface area contributed by atoms with Gasteiger partial charge in [0.1, 0.15) is 28.5 Å². The fourth-order valence-corrected chi connectivity index (χ4v) is 3.85. The quantitative estimate of drug-likeness (QED) is 0.723. The Kier molecular flexibility index (Phi) is 5.76. The molecule has 0 aliphatic carbocycles. The average molecular weight is 431 g/mol. The molecule has 7 heteroatoms. The number of aliphatic hydroxyl groups is 1. The highest BCUT2D eigenvalue weighted by Gasteiger charge is 2.47. The molecule has 0 unspecified atom stereocenters. The molecule has 158 valence electrons. The summed E-state index contributed by atoms with van der Waals surface area (Å²) >= 11 is 6.20. The summed E-state index contributed by atoms with van der Waals surface area (Å²) in [6, 6.07) is 9.95. The van der Waals surface area contributed by atoms with Gasteiger partial charge in [-0.25, -0.2) is 0 Å². The Labute approximate surface area is 180 Å². The Morgan fingerprint density at radius 1 is 1.10 bits per heavy atom. The number of nitrogens with one attached hydrogen (secondary N) is 1. The van der Waals surface area contributed by atoms with E-state index in [0.717, 1.165) is 5.56 Å². The van der Waals surface area contributed by atoms with E-state index in [1.807, 2.05) is 13.0 Å². The lowest BCUT2D eigenvalue weighted by atomic mass is 9.81. The summed E-state index contributed by atoms with van der Waals surface area (Å²) in [6.07, 6.45) is 0.659. The van der Waals surface area contributed by atoms with Crippen LogP contribution >= 0.6 is 11.6 Å². The van der Waals surface area contributed by atoms with Crippen molar-refractivity contribution in [3.8, 4) is 11.5 Å². The topological polar surface area (TPSA) is 86.8 Å². The Morgan fingerprint density at radius 2 is 1.80 bits per heavy atom. The van der Waals surface area contributed by atoms with Crippen LogP contribution in [0, 0.1) is 4.91 Å². The molecule has 0 aromatic heterocycles. The third kappa shape index (κ3) is 3.98. The third-order valence-corrected chi connectivity index (χ3v) is 5.40. The number of benzene rings is 2. The van der Waals surface area contributed by atoms with E-state index >= 15 is 0 Å². The number of ketones is 1. The Hall–Kier alpha value is -2.70. The number of carbonyl (C=O) groups is 1. The smallest absolute Gasteiger partial charge is 0.255 e. The number of carbonyl (C=O) groups excluding carboxylic acids is 1. The highest BCUT2D eigenvalue weighted by Crippen LogP contribution is 2.42. The van der Waals surface area contributed by atoms with E-state index in [2.05, 4.69) is 0 Å². The molecule has 0 amide bonds. The van der Waals surface area contributed by atoms with Crippen molar-refractivity contribution in [1.29, 1.82) is 0 Å². The van der Waals surface area contributed by atoms with Crippen LogP contribution in [-0.4, -0.2) is 22.1 Å². The number of aryl methyl sites for hydroxylation is 1. The SMILES string of the molecule is CCc1ccc(Oc2ccc([NH+]=O)cc2Cl)cc1C1=C(O)C(C)(C)OC(C)(C)C1=O. The fourth-order valence-electron chi connectivity index (χ4n) is 3.63. The number of halogens is 1. The van der Waals surface area contributed by atoms with E-state index < -0.39 is 11.2 Å². The highest BCUT2D eigenvalue weighted by molar-refractivity contribution is 6.32. The van der Waals surface area contributed by atoms with Gasteiger partial charge in [-0.15, -0.1) is 0 Å². The van der Waals surface area contributed by atoms with Gasteiger partial charge in [-0.1, -0.05) is 24.6 Å². The van der Waals surface area contributed by atoms with Crippen LogP contribution < -0.4 is 9.91 Å². The summed E-state index contributed by atoms with van der Waals surface area (Å²) in [5.41, 5.74) is -0.0628. The summed E-state index contributed by atoms with van der Waals surface area (Å²) in [6.45, 7) is 8.83. The van der Waals surface area contributed by atoms with Crippen molar-refractivity contribution in [2.24, 2.45) is 0 Å². The monoisotopic (exact) mass is 430 g/mol. The van der Waals surface area contributed by atoms with Crippen LogP contribution in [0.15, 0.2) is 42.2 Å². The van der Waals surface area contributed by atoms with Crippen molar-refractivity contribution in [3.05, 3.63) is 63.2 Å². The van der Waals surface area contributed by atoms with Crippen LogP contribution in [0.3, 0.4) is 0 Å². The standard InChI is InChI=1S/C23H24ClNO5/c1-6-13-7-9-15(29-18-10-8-14(25-28)11-17(18)24)12-16(13)19-20(26)22(2,3)30-23(4,5)21(19)27/h7-12,26H,6H2,1-5H3/p+1. The van der Waals surface area contributed by atoms with Crippen molar-refractivity contribution in [1.82, 2.24) is 0 Å². The van der Waals surface area contributed by atoms with Gasteiger partial charge in [0.2, 0.25) is 0 Å². The number of aliphatic hydroxyl groups excluding tert-OH is 1. The second-order valence-corrected chi connectivity index (χ2v) is 8.60. The summed E-state index contributed by atoms with van der Waals surface area (Å²) in [5, 5.41) is 12.9. The molecule has 2 aromatic carbocycles. The third-order valence-electron chi connectivity index (χ3n) is 5.10. The lowest BCUT2D eigenvalue weighted by molar-refractivity contribution is -0.379. The van der Waals surface area contributed by atoms with E-state index in [4.69, 9.17) is 21.1 Å². The van der Waals surface area contributed by atoms with Gasteiger partial charge in [-0.2, -0.15) is 0 Å². The minimum atomic E-state index is -1.09. The van der Waals surface area contributed by atoms with Gasteiger partial charge in [0.25, 0.3) is 5.69 Å². The highest BCUT2D eigenvalue weighted by atomic mass is 35.5. The second kappa shape index (κ2) is 7.85. The lowest BCUT2D eigenvalue weighted by Crippen LogP contribution is -2.55. The molecule has 0 radical (unpaired) electrons. The maximum atomic E-state index is 13.2. The van der Waals surface area contributed by atoms with Crippen LogP contribution in [0.25, 0.3) is 5.57 Å². The molecular formula is C23H25ClNO5+. The molecular weight excluding hydrogens is 406 g/mol. The van der Waals surface area contributed by atoms with E-state index in [0.29, 0.717) is 29.2 Å². The second-order valence-electron chi connectivity index (χ2n) is 8.20. The summed E-state index contributed by atoms with van der Waals surface area (Å²) in [4.78, 5) is 24.0. The van der Waals surface area contributed by atoms with Crippen molar-refractivity contribution in [2.45, 2.75) is 52.2 Å². The predicted molar refractivity (Wildman–Crippen MR) is 115 cm³/mol. The van der Waals surface area contributed by atoms with Crippen molar-refractivity contribution in [3.63, 3.8) is 0 Å². The predicted octanol–water partition coefficient (Wildman–Crippen LogP) is 4.60. The molecule has 0 saturated heterocycles. The first-order chi connectivity index (χ1) is 14.0. The van der Waals surface area contributed by atoms with Gasteiger partial charge in [0, 0.05) is 22.2 Å². The van der Waals surface area contributed by atoms with Crippen LogP contribution in [0.1, 0.15) is 45.7 Å². The largest absolute Gasteiger partial charge is 0.508 e. The van der Waals surface area contributed by atoms with Crippen LogP contribution in [0.4, 0.5) is 5.69 Å². The van der Waals surface area contributed by atoms with Gasteiger partial charge in [-0.05, 0) is 63.4 Å². The van der Waals surface area contributed by atoms with Crippen LogP contribution in [-0.2, 0) is 16.0 Å². The molecule has 2 aromatic rings. The van der Waals surface area contributed by atoms with Gasteiger partial charge in [-0.3, -0.25) is 4.79 Å². The molecule has 30 heavy (non-hydrogen) atoms. The molecule has 0 spiro atoms. The maximum Gasteiger partial charge on any atom is 0.255 e. The Morgan fingerprint density at radius 3 is 2.40 bits per heavy atom. The minimum absolute atomic E-state index is 0.109. The van der Waals surface area contributed by atoms with Crippen molar-refractivity contribution >= 4 is 28.6 Å². The Balaban J connectivity index is 2.11. The van der Waals surface area contributed by atoms with Crippen LogP contribution in [0.5, 0.6) is 11.5 Å². The summed E-state index contributed by atoms with van der Waals surface area (Å²) in [7, 11) is 0. The van der Waals surface area contributed by atoms with E-state index in [-0.39, 0.29) is 22.1 Å². The first-order valence-electron chi connectivity index (χ1n) is 9.67. The summed E-state index contributed by atoms with van der Waals surface area (Å²) in [5.74, 6) is 0.405. The first-order valence-corrected chi connectivity index (χ1v) is 10.1. The molecule has 2 N–H and O–H groups in total. The number of rotatable bonds is 5. The van der Waals surface area contributed by atoms with E-state index in [1.54, 1.807) is 57.1 Å². The van der Waals surface area contributed by atoms with E-state index in [9.17, 15) is 14.8 Å². The number of hydrogen-bond donors (Lipinski definition) is 2. The summed E-state index contributed by atoms with van der Waals surface area (Å²) < 4.78 is 11.7. The average Bonchev–Trinajstić information content (AvgIpc) is 2.68. The lowest BCUT2D eigenvalue weighted by Gasteiger charge is -2.40. The molecule has 1 aliphatic heterocycles. The number of Topliss-reactive ketones (excluding diaryl/α,β-unsaturated/α-hetero) is 1. The number of nitroso groups, excluding NO2 is 1.